The van der Waals surface area contributed by atoms with Crippen molar-refractivity contribution >= 4 is 46.3 Å². The van der Waals surface area contributed by atoms with E-state index in [1.807, 2.05) is 30.3 Å². The molecule has 5 rings (SSSR count). The van der Waals surface area contributed by atoms with E-state index in [1.165, 1.54) is 25.3 Å². The predicted octanol–water partition coefficient (Wildman–Crippen LogP) is 7.35. The summed E-state index contributed by atoms with van der Waals surface area (Å²) < 4.78 is 14.8. The predicted molar refractivity (Wildman–Crippen MR) is 201 cm³/mol. The van der Waals surface area contributed by atoms with Crippen LogP contribution in [-0.4, -0.2) is 70.3 Å². The number of carbonyl (C=O) groups is 5. The fraction of sp³-hybridized carbons (Fsp3) is 0.250. The Morgan fingerprint density at radius 1 is 0.792 bits per heavy atom. The van der Waals surface area contributed by atoms with Gasteiger partial charge in [0.05, 0.1) is 37.6 Å². The first-order valence-corrected chi connectivity index (χ1v) is 16.0. The molecule has 53 heavy (non-hydrogen) atoms. The highest BCUT2D eigenvalue weighted by molar-refractivity contribution is 6.41. The van der Waals surface area contributed by atoms with Crippen LogP contribution in [-0.2, 0) is 14.3 Å². The number of nitrogens with one attached hydrogen (secondary N) is 1. The van der Waals surface area contributed by atoms with Gasteiger partial charge in [-0.15, -0.1) is 0 Å². The van der Waals surface area contributed by atoms with E-state index in [0.29, 0.717) is 28.0 Å². The summed E-state index contributed by atoms with van der Waals surface area (Å²) in [4.78, 5) is 70.1. The number of nitrogens with zero attached hydrogens (tertiary/aromatic N) is 3. The zero-order valence-electron chi connectivity index (χ0n) is 29.9. The fourth-order valence-corrected chi connectivity index (χ4v) is 4.30. The number of esters is 1. The number of pyridine rings is 3. The van der Waals surface area contributed by atoms with Gasteiger partial charge in [-0.3, -0.25) is 14.4 Å². The van der Waals surface area contributed by atoms with E-state index in [2.05, 4.69) is 25.0 Å². The number of benzene rings is 2. The minimum Gasteiger partial charge on any atom is -0.497 e. The Hall–Kier alpha value is -6.50. The summed E-state index contributed by atoms with van der Waals surface area (Å²) in [6.45, 7) is 8.45. The number of aromatic carboxylic acids is 1. The molecule has 1 amide bonds. The maximum absolute atomic E-state index is 11.9. The monoisotopic (exact) mass is 724 g/mol. The van der Waals surface area contributed by atoms with Gasteiger partial charge in [0, 0.05) is 34.3 Å². The normalized spacial score (nSPS) is 10.2. The van der Waals surface area contributed by atoms with Crippen LogP contribution in [0.5, 0.6) is 11.5 Å². The number of fused-ring (bicyclic) bond motifs is 1. The summed E-state index contributed by atoms with van der Waals surface area (Å²) in [7, 11) is 3.16. The van der Waals surface area contributed by atoms with Gasteiger partial charge in [0.25, 0.3) is 5.78 Å². The molecule has 0 aliphatic heterocycles. The molecule has 2 aromatic carbocycles. The Balaban J connectivity index is 0.000000286. The Morgan fingerprint density at radius 2 is 1.42 bits per heavy atom. The van der Waals surface area contributed by atoms with Crippen LogP contribution < -0.4 is 14.8 Å². The molecule has 0 unspecified atom stereocenters. The highest BCUT2D eigenvalue weighted by Gasteiger charge is 2.26. The molecular weight excluding hydrogens is 680 g/mol. The van der Waals surface area contributed by atoms with Gasteiger partial charge in [-0.2, -0.15) is 0 Å². The van der Waals surface area contributed by atoms with Crippen LogP contribution >= 0.6 is 0 Å². The highest BCUT2D eigenvalue weighted by Crippen LogP contribution is 2.26. The Morgan fingerprint density at radius 3 is 2.02 bits per heavy atom. The van der Waals surface area contributed by atoms with Crippen molar-refractivity contribution in [2.24, 2.45) is 5.41 Å². The van der Waals surface area contributed by atoms with Crippen LogP contribution in [0.3, 0.4) is 0 Å². The van der Waals surface area contributed by atoms with Gasteiger partial charge < -0.3 is 24.6 Å². The number of aromatic nitrogens is 3. The second-order valence-electron chi connectivity index (χ2n) is 11.9. The molecule has 0 bridgehead atoms. The van der Waals surface area contributed by atoms with E-state index in [0.717, 1.165) is 11.3 Å². The summed E-state index contributed by atoms with van der Waals surface area (Å²) in [5.41, 5.74) is 2.00. The largest absolute Gasteiger partial charge is 0.497 e. The minimum atomic E-state index is -1.00. The maximum atomic E-state index is 11.9. The molecule has 0 aliphatic rings. The average Bonchev–Trinajstić information content (AvgIpc) is 3.14. The van der Waals surface area contributed by atoms with E-state index in [1.54, 1.807) is 84.5 Å². The number of Topliss-reactive ketones (excluding diaryl/α,β-unsaturated/α-hetero) is 2. The SMILES string of the molecule is C.CCOC(=O)C(=O)c1cccnc1NC(=O)C(C)(C)C.COc1cccc(-c2cc(C(=O)O)c3cccnc3n2)c1.COc1cccc(C(C)=O)c1. The zero-order valence-corrected chi connectivity index (χ0v) is 29.9. The van der Waals surface area contributed by atoms with Gasteiger partial charge in [0.15, 0.2) is 11.4 Å². The number of amides is 1. The first-order valence-electron chi connectivity index (χ1n) is 16.0. The van der Waals surface area contributed by atoms with Gasteiger partial charge >= 0.3 is 11.9 Å². The van der Waals surface area contributed by atoms with Gasteiger partial charge in [-0.1, -0.05) is 52.5 Å². The van der Waals surface area contributed by atoms with Crippen molar-refractivity contribution in [2.45, 2.75) is 42.0 Å². The van der Waals surface area contributed by atoms with Gasteiger partial charge in [-0.25, -0.2) is 24.5 Å². The number of ether oxygens (including phenoxy) is 3. The molecule has 3 heterocycles. The van der Waals surface area contributed by atoms with Gasteiger partial charge in [0.2, 0.25) is 5.91 Å². The quantitative estimate of drug-likeness (QED) is 0.0877. The summed E-state index contributed by atoms with van der Waals surface area (Å²) >= 11 is 0. The maximum Gasteiger partial charge on any atom is 0.379 e. The van der Waals surface area contributed by atoms with Gasteiger partial charge in [-0.05, 0) is 68.4 Å². The molecule has 5 aromatic rings. The van der Waals surface area contributed by atoms with Crippen molar-refractivity contribution in [2.75, 3.05) is 26.1 Å². The van der Waals surface area contributed by atoms with Crippen molar-refractivity contribution < 1.29 is 43.3 Å². The van der Waals surface area contributed by atoms with Crippen molar-refractivity contribution in [3.05, 3.63) is 108 Å². The average molecular weight is 725 g/mol. The second-order valence-corrected chi connectivity index (χ2v) is 11.9. The lowest BCUT2D eigenvalue weighted by molar-refractivity contribution is -0.137. The third kappa shape index (κ3) is 12.1. The lowest BCUT2D eigenvalue weighted by Gasteiger charge is -2.18. The van der Waals surface area contributed by atoms with Crippen LogP contribution in [0.2, 0.25) is 0 Å². The standard InChI is InChI=1S/C16H12N2O3.C14H18N2O4.C9H10O2.CH4/c1-21-11-5-2-4-10(8-11)14-9-13(16(19)20)12-6-3-7-17-15(12)18-14;1-5-20-12(18)10(17)9-7-6-8-15-11(9)16-13(19)14(2,3)4;1-7(10)8-4-3-5-9(6-8)11-2;/h2-9H,1H3,(H,19,20);6-8H,5H2,1-4H3,(H,15,16,19);3-6H,1-2H3;1H4. The molecule has 278 valence electrons. The van der Waals surface area contributed by atoms with Crippen LogP contribution in [0.1, 0.15) is 73.1 Å². The van der Waals surface area contributed by atoms with Crippen molar-refractivity contribution in [1.82, 2.24) is 15.0 Å². The lowest BCUT2D eigenvalue weighted by atomic mass is 9.95. The number of carbonyl (C=O) groups excluding carboxylic acids is 4. The molecule has 13 heteroatoms. The summed E-state index contributed by atoms with van der Waals surface area (Å²) in [6.07, 6.45) is 3.02. The fourth-order valence-electron chi connectivity index (χ4n) is 4.30. The number of rotatable bonds is 9. The summed E-state index contributed by atoms with van der Waals surface area (Å²) in [6, 6.07) is 22.3. The van der Waals surface area contributed by atoms with Crippen molar-refractivity contribution in [3.8, 4) is 22.8 Å². The second kappa shape index (κ2) is 19.8. The molecular formula is C40H44N4O9. The molecule has 0 fully saturated rings. The lowest BCUT2D eigenvalue weighted by Crippen LogP contribution is -2.29. The number of carboxylic acid groups (broad SMARTS) is 1. The van der Waals surface area contributed by atoms with Crippen LogP contribution in [0, 0.1) is 5.41 Å². The molecule has 0 saturated carbocycles. The minimum absolute atomic E-state index is 0. The number of ketones is 2. The molecule has 0 radical (unpaired) electrons. The molecule has 13 nitrogen and oxygen atoms in total. The number of methoxy groups -OCH3 is 2. The number of carboxylic acids is 1. The first-order chi connectivity index (χ1) is 24.7. The molecule has 0 atom stereocenters. The molecule has 0 saturated heterocycles. The van der Waals surface area contributed by atoms with E-state index in [-0.39, 0.29) is 42.7 Å². The van der Waals surface area contributed by atoms with E-state index < -0.39 is 23.1 Å². The smallest absolute Gasteiger partial charge is 0.379 e. The molecule has 2 N–H and O–H groups in total. The third-order valence-corrected chi connectivity index (χ3v) is 7.08. The van der Waals surface area contributed by atoms with Gasteiger partial charge in [0.1, 0.15) is 17.3 Å². The topological polar surface area (TPSA) is 184 Å². The summed E-state index contributed by atoms with van der Waals surface area (Å²) in [5, 5.41) is 12.4. The van der Waals surface area contributed by atoms with Crippen molar-refractivity contribution in [3.63, 3.8) is 0 Å². The Labute approximate surface area is 308 Å². The Kier molecular flexibility index (Phi) is 15.9. The zero-order chi connectivity index (χ0) is 38.4. The number of anilines is 1. The Bertz CT molecular complexity index is 2070. The van der Waals surface area contributed by atoms with E-state index in [4.69, 9.17) is 9.47 Å². The summed E-state index contributed by atoms with van der Waals surface area (Å²) in [5.74, 6) is -1.57. The highest BCUT2D eigenvalue weighted by atomic mass is 16.5. The number of hydrogen-bond donors (Lipinski definition) is 2. The van der Waals surface area contributed by atoms with E-state index in [9.17, 15) is 29.1 Å². The molecule has 0 spiro atoms. The van der Waals surface area contributed by atoms with Crippen LogP contribution in [0.4, 0.5) is 5.82 Å². The van der Waals surface area contributed by atoms with Crippen LogP contribution in [0.15, 0.2) is 91.3 Å². The first kappa shape index (κ1) is 42.7. The third-order valence-electron chi connectivity index (χ3n) is 7.08. The molecule has 3 aromatic heterocycles. The van der Waals surface area contributed by atoms with Crippen molar-refractivity contribution in [1.29, 1.82) is 0 Å². The number of hydrogen-bond acceptors (Lipinski definition) is 11. The van der Waals surface area contributed by atoms with Crippen LogP contribution in [0.25, 0.3) is 22.3 Å². The molecule has 0 aliphatic carbocycles. The van der Waals surface area contributed by atoms with E-state index >= 15 is 0 Å².